The highest BCUT2D eigenvalue weighted by Crippen LogP contribution is 2.36. The minimum atomic E-state index is 0.378. The highest BCUT2D eigenvalue weighted by atomic mass is 15.0. The van der Waals surface area contributed by atoms with E-state index in [4.69, 9.17) is 0 Å². The van der Waals surface area contributed by atoms with Crippen molar-refractivity contribution in [2.75, 3.05) is 19.6 Å². The van der Waals surface area contributed by atoms with Gasteiger partial charge in [-0.15, -0.1) is 0 Å². The lowest BCUT2D eigenvalue weighted by molar-refractivity contribution is 0.361. The lowest BCUT2D eigenvalue weighted by Gasteiger charge is -2.25. The van der Waals surface area contributed by atoms with E-state index in [1.54, 1.807) is 0 Å². The van der Waals surface area contributed by atoms with Crippen molar-refractivity contribution in [2.45, 2.75) is 45.1 Å². The number of rotatable bonds is 5. The Hall–Kier alpha value is -0.0800. The van der Waals surface area contributed by atoms with Gasteiger partial charge in [-0.25, -0.2) is 0 Å². The van der Waals surface area contributed by atoms with Gasteiger partial charge in [0.15, 0.2) is 0 Å². The third-order valence-electron chi connectivity index (χ3n) is 3.87. The molecule has 2 atom stereocenters. The van der Waals surface area contributed by atoms with E-state index in [1.165, 1.54) is 38.8 Å². The van der Waals surface area contributed by atoms with Gasteiger partial charge in [-0.3, -0.25) is 0 Å². The van der Waals surface area contributed by atoms with E-state index in [1.807, 2.05) is 0 Å². The van der Waals surface area contributed by atoms with Gasteiger partial charge in [-0.05, 0) is 57.5 Å². The SMILES string of the molecule is CC(CNCC1(C)CCCN1)C1CC1. The summed E-state index contributed by atoms with van der Waals surface area (Å²) in [5.74, 6) is 1.92. The second kappa shape index (κ2) is 4.19. The molecule has 0 bridgehead atoms. The molecule has 0 radical (unpaired) electrons. The molecule has 2 fully saturated rings. The van der Waals surface area contributed by atoms with Crippen LogP contribution in [-0.4, -0.2) is 25.2 Å². The summed E-state index contributed by atoms with van der Waals surface area (Å²) in [5.41, 5.74) is 0.378. The Bertz CT molecular complexity index is 181. The summed E-state index contributed by atoms with van der Waals surface area (Å²) in [4.78, 5) is 0. The van der Waals surface area contributed by atoms with Gasteiger partial charge >= 0.3 is 0 Å². The summed E-state index contributed by atoms with van der Waals surface area (Å²) in [5, 5.41) is 7.22. The zero-order valence-corrected chi connectivity index (χ0v) is 9.60. The van der Waals surface area contributed by atoms with Gasteiger partial charge < -0.3 is 10.6 Å². The van der Waals surface area contributed by atoms with E-state index >= 15 is 0 Å². The summed E-state index contributed by atoms with van der Waals surface area (Å²) in [6.45, 7) is 8.28. The molecular formula is C12H24N2. The molecule has 1 saturated carbocycles. The van der Waals surface area contributed by atoms with Gasteiger partial charge in [-0.2, -0.15) is 0 Å². The van der Waals surface area contributed by atoms with Crippen LogP contribution >= 0.6 is 0 Å². The molecule has 0 spiro atoms. The number of hydrogen-bond acceptors (Lipinski definition) is 2. The molecule has 14 heavy (non-hydrogen) atoms. The van der Waals surface area contributed by atoms with E-state index in [0.29, 0.717) is 5.54 Å². The third-order valence-corrected chi connectivity index (χ3v) is 3.87. The van der Waals surface area contributed by atoms with Crippen LogP contribution in [0.15, 0.2) is 0 Å². The summed E-state index contributed by atoms with van der Waals surface area (Å²) in [6, 6.07) is 0. The zero-order chi connectivity index (χ0) is 10.0. The van der Waals surface area contributed by atoms with Crippen molar-refractivity contribution >= 4 is 0 Å². The van der Waals surface area contributed by atoms with Crippen LogP contribution < -0.4 is 10.6 Å². The minimum Gasteiger partial charge on any atom is -0.315 e. The molecule has 0 aromatic heterocycles. The molecule has 0 amide bonds. The lowest BCUT2D eigenvalue weighted by Crippen LogP contribution is -2.46. The average molecular weight is 196 g/mol. The molecule has 0 aromatic rings. The van der Waals surface area contributed by atoms with E-state index in [-0.39, 0.29) is 0 Å². The quantitative estimate of drug-likeness (QED) is 0.700. The fraction of sp³-hybridized carbons (Fsp3) is 1.00. The molecule has 2 aliphatic rings. The lowest BCUT2D eigenvalue weighted by atomic mass is 10.00. The Morgan fingerprint density at radius 2 is 2.29 bits per heavy atom. The molecule has 1 aliphatic heterocycles. The summed E-state index contributed by atoms with van der Waals surface area (Å²) in [7, 11) is 0. The normalized spacial score (nSPS) is 34.7. The molecule has 1 aliphatic carbocycles. The molecule has 0 aromatic carbocycles. The molecule has 2 nitrogen and oxygen atoms in total. The second-order valence-electron chi connectivity index (χ2n) is 5.54. The monoisotopic (exact) mass is 196 g/mol. The third kappa shape index (κ3) is 2.71. The Morgan fingerprint density at radius 3 is 2.86 bits per heavy atom. The van der Waals surface area contributed by atoms with Crippen LogP contribution in [0.1, 0.15) is 39.5 Å². The van der Waals surface area contributed by atoms with Crippen LogP contribution in [0.4, 0.5) is 0 Å². The summed E-state index contributed by atoms with van der Waals surface area (Å²) >= 11 is 0. The van der Waals surface area contributed by atoms with E-state index in [0.717, 1.165) is 18.4 Å². The highest BCUT2D eigenvalue weighted by molar-refractivity contribution is 4.91. The Morgan fingerprint density at radius 1 is 1.50 bits per heavy atom. The van der Waals surface area contributed by atoms with Crippen LogP contribution in [0.5, 0.6) is 0 Å². The van der Waals surface area contributed by atoms with Gasteiger partial charge in [0.25, 0.3) is 0 Å². The Balaban J connectivity index is 1.61. The van der Waals surface area contributed by atoms with Crippen LogP contribution in [0, 0.1) is 11.8 Å². The van der Waals surface area contributed by atoms with Crippen molar-refractivity contribution in [1.82, 2.24) is 10.6 Å². The first-order chi connectivity index (χ1) is 6.70. The first-order valence-electron chi connectivity index (χ1n) is 6.15. The predicted octanol–water partition coefficient (Wildman–Crippen LogP) is 1.76. The Labute approximate surface area is 87.8 Å². The van der Waals surface area contributed by atoms with Crippen molar-refractivity contribution in [3.63, 3.8) is 0 Å². The largest absolute Gasteiger partial charge is 0.315 e. The van der Waals surface area contributed by atoms with Gasteiger partial charge in [0.1, 0.15) is 0 Å². The Kier molecular flexibility index (Phi) is 3.13. The van der Waals surface area contributed by atoms with Crippen molar-refractivity contribution in [2.24, 2.45) is 11.8 Å². The summed E-state index contributed by atoms with van der Waals surface area (Å²) < 4.78 is 0. The van der Waals surface area contributed by atoms with Gasteiger partial charge in [0.05, 0.1) is 0 Å². The van der Waals surface area contributed by atoms with Crippen LogP contribution in [0.25, 0.3) is 0 Å². The van der Waals surface area contributed by atoms with Crippen LogP contribution in [0.2, 0.25) is 0 Å². The first-order valence-corrected chi connectivity index (χ1v) is 6.15. The van der Waals surface area contributed by atoms with Crippen LogP contribution in [0.3, 0.4) is 0 Å². The molecule has 1 heterocycles. The maximum atomic E-state index is 3.63. The average Bonchev–Trinajstić information content (AvgIpc) is 2.91. The van der Waals surface area contributed by atoms with Gasteiger partial charge in [0, 0.05) is 12.1 Å². The van der Waals surface area contributed by atoms with E-state index < -0.39 is 0 Å². The molecular weight excluding hydrogens is 172 g/mol. The van der Waals surface area contributed by atoms with E-state index in [2.05, 4.69) is 24.5 Å². The van der Waals surface area contributed by atoms with Crippen molar-refractivity contribution in [3.8, 4) is 0 Å². The fourth-order valence-corrected chi connectivity index (χ4v) is 2.52. The number of hydrogen-bond donors (Lipinski definition) is 2. The zero-order valence-electron chi connectivity index (χ0n) is 9.60. The fourth-order valence-electron chi connectivity index (χ4n) is 2.52. The van der Waals surface area contributed by atoms with Crippen molar-refractivity contribution in [3.05, 3.63) is 0 Å². The topological polar surface area (TPSA) is 24.1 Å². The van der Waals surface area contributed by atoms with E-state index in [9.17, 15) is 0 Å². The maximum Gasteiger partial charge on any atom is 0.0278 e. The maximum absolute atomic E-state index is 3.63. The van der Waals surface area contributed by atoms with Crippen molar-refractivity contribution in [1.29, 1.82) is 0 Å². The van der Waals surface area contributed by atoms with Gasteiger partial charge in [0.2, 0.25) is 0 Å². The first kappa shape index (κ1) is 10.4. The molecule has 2 rings (SSSR count). The standard InChI is InChI=1S/C12H24N2/c1-10(11-4-5-11)8-13-9-12(2)6-3-7-14-12/h10-11,13-14H,3-9H2,1-2H3. The second-order valence-corrected chi connectivity index (χ2v) is 5.54. The highest BCUT2D eigenvalue weighted by Gasteiger charge is 2.30. The molecule has 1 saturated heterocycles. The number of nitrogens with one attached hydrogen (secondary N) is 2. The van der Waals surface area contributed by atoms with Crippen molar-refractivity contribution < 1.29 is 0 Å². The molecule has 2 heteroatoms. The van der Waals surface area contributed by atoms with Crippen LogP contribution in [-0.2, 0) is 0 Å². The predicted molar refractivity (Wildman–Crippen MR) is 60.4 cm³/mol. The molecule has 2 N–H and O–H groups in total. The molecule has 82 valence electrons. The van der Waals surface area contributed by atoms with Gasteiger partial charge in [-0.1, -0.05) is 6.92 Å². The molecule has 2 unspecified atom stereocenters. The minimum absolute atomic E-state index is 0.378. The summed E-state index contributed by atoms with van der Waals surface area (Å²) in [6.07, 6.45) is 5.62. The smallest absolute Gasteiger partial charge is 0.0278 e.